The molecule has 0 spiro atoms. The molecule has 0 saturated carbocycles. The second-order valence-electron chi connectivity index (χ2n) is 3.67. The molecule has 0 amide bonds. The van der Waals surface area contributed by atoms with E-state index in [0.717, 1.165) is 23.3 Å². The average Bonchev–Trinajstić information content (AvgIpc) is 2.27. The van der Waals surface area contributed by atoms with E-state index in [1.165, 1.54) is 12.0 Å². The maximum atomic E-state index is 5.85. The van der Waals surface area contributed by atoms with Crippen molar-refractivity contribution in [2.75, 3.05) is 0 Å². The minimum Gasteiger partial charge on any atom is -0.418 e. The molecule has 0 aliphatic heterocycles. The summed E-state index contributed by atoms with van der Waals surface area (Å²) in [6, 6.07) is 10.6. The minimum atomic E-state index is -0.0117. The topological polar surface area (TPSA) is 9.23 Å². The van der Waals surface area contributed by atoms with Gasteiger partial charge in [-0.3, -0.25) is 0 Å². The minimum absolute atomic E-state index is 0.0117. The van der Waals surface area contributed by atoms with Crippen molar-refractivity contribution < 1.29 is 4.43 Å². The molecule has 78 valence electrons. The van der Waals surface area contributed by atoms with E-state index < -0.39 is 0 Å². The fourth-order valence-electron chi connectivity index (χ4n) is 2.04. The molecule has 0 fully saturated rings. The first-order valence-electron chi connectivity index (χ1n) is 5.39. The maximum Gasteiger partial charge on any atom is 0.147 e. The molecule has 0 heterocycles. The van der Waals surface area contributed by atoms with Crippen molar-refractivity contribution in [3.8, 4) is 0 Å². The predicted molar refractivity (Wildman–Crippen MR) is 64.3 cm³/mol. The highest BCUT2D eigenvalue weighted by molar-refractivity contribution is 5.98. The van der Waals surface area contributed by atoms with Crippen LogP contribution in [0.15, 0.2) is 30.3 Å². The molecule has 0 saturated heterocycles. The summed E-state index contributed by atoms with van der Waals surface area (Å²) >= 11 is 0. The Balaban J connectivity index is 2.98. The molecule has 0 aliphatic carbocycles. The molecule has 1 atom stereocenters. The van der Waals surface area contributed by atoms with Gasteiger partial charge < -0.3 is 4.43 Å². The normalized spacial score (nSPS) is 15.3. The van der Waals surface area contributed by atoms with Gasteiger partial charge in [0.25, 0.3) is 0 Å². The van der Waals surface area contributed by atoms with E-state index in [1.807, 2.05) is 0 Å². The zero-order chi connectivity index (χ0) is 10.4. The van der Waals surface area contributed by atoms with Gasteiger partial charge in [-0.2, -0.15) is 0 Å². The molecule has 0 N–H and O–H groups in total. The van der Waals surface area contributed by atoms with Gasteiger partial charge in [-0.05, 0) is 18.4 Å². The molecule has 0 bridgehead atoms. The van der Waals surface area contributed by atoms with Crippen molar-refractivity contribution in [1.29, 1.82) is 0 Å². The van der Waals surface area contributed by atoms with Gasteiger partial charge in [0.05, 0.1) is 5.60 Å². The van der Waals surface area contributed by atoms with Crippen LogP contribution in [0.4, 0.5) is 0 Å². The van der Waals surface area contributed by atoms with Crippen LogP contribution in [-0.2, 0) is 10.0 Å². The van der Waals surface area contributed by atoms with Crippen molar-refractivity contribution >= 4 is 10.5 Å². The Kier molecular flexibility index (Phi) is 4.36. The maximum absolute atomic E-state index is 5.85. The van der Waals surface area contributed by atoms with Crippen LogP contribution in [-0.4, -0.2) is 10.5 Å². The first kappa shape index (κ1) is 11.5. The average molecular weight is 208 g/mol. The van der Waals surface area contributed by atoms with Crippen molar-refractivity contribution in [2.45, 2.75) is 38.7 Å². The van der Waals surface area contributed by atoms with Crippen LogP contribution in [0.25, 0.3) is 0 Å². The van der Waals surface area contributed by atoms with Gasteiger partial charge in [-0.1, -0.05) is 50.6 Å². The largest absolute Gasteiger partial charge is 0.418 e. The van der Waals surface area contributed by atoms with Gasteiger partial charge >= 0.3 is 0 Å². The Hall–Kier alpha value is -0.603. The summed E-state index contributed by atoms with van der Waals surface area (Å²) in [4.78, 5) is 0. The summed E-state index contributed by atoms with van der Waals surface area (Å²) in [5.41, 5.74) is 1.32. The van der Waals surface area contributed by atoms with Crippen molar-refractivity contribution in [1.82, 2.24) is 0 Å². The SMILES string of the molecule is CCCC(CC)(O[SiH3])c1ccccc1. The van der Waals surface area contributed by atoms with Crippen LogP contribution in [0.1, 0.15) is 38.7 Å². The lowest BCUT2D eigenvalue weighted by molar-refractivity contribution is 0.0620. The highest BCUT2D eigenvalue weighted by atomic mass is 28.2. The second kappa shape index (κ2) is 5.32. The molecule has 1 unspecified atom stereocenters. The van der Waals surface area contributed by atoms with Gasteiger partial charge in [-0.15, -0.1) is 0 Å². The molecule has 1 aromatic carbocycles. The smallest absolute Gasteiger partial charge is 0.147 e. The van der Waals surface area contributed by atoms with Gasteiger partial charge in [0.2, 0.25) is 0 Å². The number of hydrogen-bond donors (Lipinski definition) is 0. The van der Waals surface area contributed by atoms with E-state index in [0.29, 0.717) is 0 Å². The summed E-state index contributed by atoms with van der Waals surface area (Å²) in [7, 11) is 0.805. The van der Waals surface area contributed by atoms with Crippen LogP contribution in [0.3, 0.4) is 0 Å². The quantitative estimate of drug-likeness (QED) is 0.675. The summed E-state index contributed by atoms with van der Waals surface area (Å²) < 4.78 is 5.85. The highest BCUT2D eigenvalue weighted by Gasteiger charge is 2.27. The molecule has 1 nitrogen and oxygen atoms in total. The first-order chi connectivity index (χ1) is 6.79. The molecule has 0 aromatic heterocycles. The van der Waals surface area contributed by atoms with Crippen molar-refractivity contribution in [3.05, 3.63) is 35.9 Å². The van der Waals surface area contributed by atoms with E-state index in [2.05, 4.69) is 44.2 Å². The summed E-state index contributed by atoms with van der Waals surface area (Å²) in [5, 5.41) is 0. The van der Waals surface area contributed by atoms with Gasteiger partial charge in [0.1, 0.15) is 10.5 Å². The van der Waals surface area contributed by atoms with Crippen molar-refractivity contribution in [2.24, 2.45) is 0 Å². The third kappa shape index (κ3) is 2.25. The third-order valence-corrected chi connectivity index (χ3v) is 3.70. The van der Waals surface area contributed by atoms with Crippen molar-refractivity contribution in [3.63, 3.8) is 0 Å². The molecule has 0 aliphatic rings. The van der Waals surface area contributed by atoms with E-state index in [-0.39, 0.29) is 5.60 Å². The van der Waals surface area contributed by atoms with E-state index in [9.17, 15) is 0 Å². The summed E-state index contributed by atoms with van der Waals surface area (Å²) in [6.07, 6.45) is 3.36. The Morgan fingerprint density at radius 2 is 1.86 bits per heavy atom. The molecular weight excluding hydrogens is 188 g/mol. The molecular formula is C12H20OSi. The number of rotatable bonds is 5. The number of benzene rings is 1. The zero-order valence-corrected chi connectivity index (χ0v) is 11.4. The Morgan fingerprint density at radius 1 is 1.21 bits per heavy atom. The van der Waals surface area contributed by atoms with Crippen LogP contribution >= 0.6 is 0 Å². The van der Waals surface area contributed by atoms with Crippen LogP contribution in [0.5, 0.6) is 0 Å². The molecule has 1 rings (SSSR count). The predicted octanol–water partition coefficient (Wildman–Crippen LogP) is 2.39. The van der Waals surface area contributed by atoms with Crippen LogP contribution in [0.2, 0.25) is 0 Å². The highest BCUT2D eigenvalue weighted by Crippen LogP contribution is 2.33. The second-order valence-corrected chi connectivity index (χ2v) is 4.08. The fraction of sp³-hybridized carbons (Fsp3) is 0.500. The standard InChI is InChI=1S/C12H20OSi/c1-3-10-12(4-2,13-14)11-8-6-5-7-9-11/h5-9H,3-4,10H2,1-2,14H3. The van der Waals surface area contributed by atoms with Gasteiger partial charge in [-0.25, -0.2) is 0 Å². The summed E-state index contributed by atoms with van der Waals surface area (Å²) in [6.45, 7) is 4.43. The summed E-state index contributed by atoms with van der Waals surface area (Å²) in [5.74, 6) is 0. The molecule has 14 heavy (non-hydrogen) atoms. The third-order valence-electron chi connectivity index (χ3n) is 2.92. The molecule has 0 radical (unpaired) electrons. The fourth-order valence-corrected chi connectivity index (χ4v) is 2.76. The Bertz CT molecular complexity index is 254. The van der Waals surface area contributed by atoms with Crippen LogP contribution < -0.4 is 0 Å². The Labute approximate surface area is 90.0 Å². The number of hydrogen-bond acceptors (Lipinski definition) is 1. The lowest BCUT2D eigenvalue weighted by Crippen LogP contribution is -2.27. The molecule has 1 aromatic rings. The van der Waals surface area contributed by atoms with E-state index >= 15 is 0 Å². The lowest BCUT2D eigenvalue weighted by atomic mass is 9.87. The van der Waals surface area contributed by atoms with E-state index in [4.69, 9.17) is 4.43 Å². The van der Waals surface area contributed by atoms with Gasteiger partial charge in [0.15, 0.2) is 0 Å². The lowest BCUT2D eigenvalue weighted by Gasteiger charge is -2.32. The first-order valence-corrected chi connectivity index (χ1v) is 6.21. The van der Waals surface area contributed by atoms with Crippen LogP contribution in [0, 0.1) is 0 Å². The monoisotopic (exact) mass is 208 g/mol. The van der Waals surface area contributed by atoms with E-state index in [1.54, 1.807) is 0 Å². The molecule has 2 heteroatoms. The Morgan fingerprint density at radius 3 is 2.29 bits per heavy atom. The van der Waals surface area contributed by atoms with Gasteiger partial charge in [0, 0.05) is 0 Å². The zero-order valence-electron chi connectivity index (χ0n) is 9.42.